The van der Waals surface area contributed by atoms with Crippen LogP contribution in [-0.2, 0) is 16.1 Å². The van der Waals surface area contributed by atoms with E-state index in [1.807, 2.05) is 6.07 Å². The summed E-state index contributed by atoms with van der Waals surface area (Å²) in [5.41, 5.74) is 0.910. The van der Waals surface area contributed by atoms with E-state index >= 15 is 0 Å². The Labute approximate surface area is 111 Å². The molecule has 0 spiro atoms. The highest BCUT2D eigenvalue weighted by molar-refractivity contribution is 9.11. The van der Waals surface area contributed by atoms with Crippen molar-refractivity contribution in [1.82, 2.24) is 10.3 Å². The van der Waals surface area contributed by atoms with Gasteiger partial charge in [-0.3, -0.25) is 9.78 Å². The van der Waals surface area contributed by atoms with Gasteiger partial charge in [0.1, 0.15) is 0 Å². The van der Waals surface area contributed by atoms with E-state index < -0.39 is 0 Å². The Bertz CT molecular complexity index is 372. The van der Waals surface area contributed by atoms with Crippen molar-refractivity contribution in [3.63, 3.8) is 0 Å². The van der Waals surface area contributed by atoms with E-state index in [0.29, 0.717) is 19.5 Å². The molecule has 0 amide bonds. The predicted octanol–water partition coefficient (Wildman–Crippen LogP) is 2.26. The molecular weight excluding hydrogens is 340 g/mol. The zero-order chi connectivity index (χ0) is 12.0. The lowest BCUT2D eigenvalue weighted by molar-refractivity contribution is -0.140. The fourth-order valence-corrected chi connectivity index (χ4v) is 2.20. The van der Waals surface area contributed by atoms with Crippen LogP contribution in [0.3, 0.4) is 0 Å². The molecule has 16 heavy (non-hydrogen) atoms. The van der Waals surface area contributed by atoms with Crippen LogP contribution >= 0.6 is 31.9 Å². The zero-order valence-electron chi connectivity index (χ0n) is 8.80. The third kappa shape index (κ3) is 4.59. The van der Waals surface area contributed by atoms with Gasteiger partial charge in [-0.1, -0.05) is 0 Å². The van der Waals surface area contributed by atoms with Gasteiger partial charge in [-0.15, -0.1) is 0 Å². The molecule has 4 nitrogen and oxygen atoms in total. The first-order valence-corrected chi connectivity index (χ1v) is 6.29. The average Bonchev–Trinajstić information content (AvgIpc) is 2.26. The first kappa shape index (κ1) is 13.6. The van der Waals surface area contributed by atoms with Gasteiger partial charge in [0, 0.05) is 28.2 Å². The van der Waals surface area contributed by atoms with Gasteiger partial charge in [-0.25, -0.2) is 0 Å². The van der Waals surface area contributed by atoms with Gasteiger partial charge in [0.05, 0.1) is 19.2 Å². The fraction of sp³-hybridized carbons (Fsp3) is 0.400. The molecule has 0 radical (unpaired) electrons. The maximum Gasteiger partial charge on any atom is 0.306 e. The van der Waals surface area contributed by atoms with E-state index in [2.05, 4.69) is 46.9 Å². The Morgan fingerprint density at radius 2 is 2.31 bits per heavy atom. The molecule has 0 aliphatic rings. The largest absolute Gasteiger partial charge is 0.469 e. The monoisotopic (exact) mass is 350 g/mol. The van der Waals surface area contributed by atoms with Crippen molar-refractivity contribution in [1.29, 1.82) is 0 Å². The van der Waals surface area contributed by atoms with Gasteiger partial charge in [0.2, 0.25) is 0 Å². The molecule has 0 aliphatic carbocycles. The molecule has 1 aromatic rings. The molecular formula is C10H12Br2N2O2. The minimum atomic E-state index is -0.213. The van der Waals surface area contributed by atoms with Gasteiger partial charge in [0.25, 0.3) is 0 Å². The van der Waals surface area contributed by atoms with E-state index in [0.717, 1.165) is 14.6 Å². The minimum absolute atomic E-state index is 0.213. The zero-order valence-corrected chi connectivity index (χ0v) is 12.0. The smallest absolute Gasteiger partial charge is 0.306 e. The van der Waals surface area contributed by atoms with Crippen molar-refractivity contribution >= 4 is 37.8 Å². The van der Waals surface area contributed by atoms with E-state index in [1.165, 1.54) is 7.11 Å². The van der Waals surface area contributed by atoms with Crippen molar-refractivity contribution in [3.05, 3.63) is 26.9 Å². The van der Waals surface area contributed by atoms with Crippen molar-refractivity contribution < 1.29 is 9.53 Å². The van der Waals surface area contributed by atoms with Crippen LogP contribution in [-0.4, -0.2) is 24.6 Å². The number of hydrogen-bond acceptors (Lipinski definition) is 4. The van der Waals surface area contributed by atoms with E-state index in [4.69, 9.17) is 0 Å². The number of halogens is 2. The second-order valence-electron chi connectivity index (χ2n) is 3.08. The molecule has 88 valence electrons. The van der Waals surface area contributed by atoms with Crippen LogP contribution in [0.4, 0.5) is 0 Å². The van der Waals surface area contributed by atoms with Gasteiger partial charge in [0.15, 0.2) is 0 Å². The summed E-state index contributed by atoms with van der Waals surface area (Å²) in [5.74, 6) is -0.213. The standard InChI is InChI=1S/C10H12Br2N2O2/c1-16-10(15)2-3-13-6-9-8(12)4-7(11)5-14-9/h4-5,13H,2-3,6H2,1H3. The van der Waals surface area contributed by atoms with Gasteiger partial charge >= 0.3 is 5.97 Å². The van der Waals surface area contributed by atoms with Gasteiger partial charge < -0.3 is 10.1 Å². The molecule has 0 saturated heterocycles. The summed E-state index contributed by atoms with van der Waals surface area (Å²) in [7, 11) is 1.38. The number of esters is 1. The predicted molar refractivity (Wildman–Crippen MR) is 68.0 cm³/mol. The summed E-state index contributed by atoms with van der Waals surface area (Å²) in [6.07, 6.45) is 2.10. The van der Waals surface area contributed by atoms with Gasteiger partial charge in [-0.2, -0.15) is 0 Å². The lowest BCUT2D eigenvalue weighted by Crippen LogP contribution is -2.19. The number of carbonyl (C=O) groups is 1. The SMILES string of the molecule is COC(=O)CCNCc1ncc(Br)cc1Br. The summed E-state index contributed by atoms with van der Waals surface area (Å²) in [5, 5.41) is 3.12. The lowest BCUT2D eigenvalue weighted by atomic mass is 10.3. The first-order valence-electron chi connectivity index (χ1n) is 4.71. The van der Waals surface area contributed by atoms with Crippen molar-refractivity contribution in [2.45, 2.75) is 13.0 Å². The average molecular weight is 352 g/mol. The molecule has 0 saturated carbocycles. The second kappa shape index (κ2) is 6.98. The van der Waals surface area contributed by atoms with Crippen LogP contribution in [0.5, 0.6) is 0 Å². The molecule has 1 rings (SSSR count). The van der Waals surface area contributed by atoms with E-state index in [1.54, 1.807) is 6.20 Å². The summed E-state index contributed by atoms with van der Waals surface area (Å²) in [6, 6.07) is 1.93. The van der Waals surface area contributed by atoms with Gasteiger partial charge in [-0.05, 0) is 37.9 Å². The molecule has 0 aromatic carbocycles. The first-order chi connectivity index (χ1) is 7.63. The number of rotatable bonds is 5. The number of hydrogen-bond donors (Lipinski definition) is 1. The van der Waals surface area contributed by atoms with E-state index in [9.17, 15) is 4.79 Å². The third-order valence-corrected chi connectivity index (χ3v) is 3.03. The number of nitrogens with one attached hydrogen (secondary N) is 1. The molecule has 0 bridgehead atoms. The molecule has 6 heteroatoms. The summed E-state index contributed by atoms with van der Waals surface area (Å²) in [4.78, 5) is 15.1. The minimum Gasteiger partial charge on any atom is -0.469 e. The quantitative estimate of drug-likeness (QED) is 0.653. The molecule has 1 heterocycles. The Morgan fingerprint density at radius 1 is 1.56 bits per heavy atom. The van der Waals surface area contributed by atoms with Crippen LogP contribution in [0.2, 0.25) is 0 Å². The highest BCUT2D eigenvalue weighted by Crippen LogP contribution is 2.19. The number of ether oxygens (including phenoxy) is 1. The number of pyridine rings is 1. The molecule has 0 atom stereocenters. The van der Waals surface area contributed by atoms with Crippen LogP contribution in [0, 0.1) is 0 Å². The number of aromatic nitrogens is 1. The summed E-state index contributed by atoms with van der Waals surface area (Å²) < 4.78 is 6.40. The Balaban J connectivity index is 2.35. The third-order valence-electron chi connectivity index (χ3n) is 1.91. The lowest BCUT2D eigenvalue weighted by Gasteiger charge is -2.05. The van der Waals surface area contributed by atoms with Crippen molar-refractivity contribution in [3.8, 4) is 0 Å². The number of carbonyl (C=O) groups excluding carboxylic acids is 1. The molecule has 0 fully saturated rings. The maximum absolute atomic E-state index is 10.8. The van der Waals surface area contributed by atoms with Crippen LogP contribution in [0.1, 0.15) is 12.1 Å². The highest BCUT2D eigenvalue weighted by Gasteiger charge is 2.03. The second-order valence-corrected chi connectivity index (χ2v) is 4.85. The molecule has 1 aromatic heterocycles. The molecule has 1 N–H and O–H groups in total. The topological polar surface area (TPSA) is 51.2 Å². The van der Waals surface area contributed by atoms with E-state index in [-0.39, 0.29) is 5.97 Å². The Morgan fingerprint density at radius 3 is 2.94 bits per heavy atom. The summed E-state index contributed by atoms with van der Waals surface area (Å²) >= 11 is 6.75. The van der Waals surface area contributed by atoms with Crippen LogP contribution in [0.15, 0.2) is 21.2 Å². The van der Waals surface area contributed by atoms with Crippen molar-refractivity contribution in [2.75, 3.05) is 13.7 Å². The van der Waals surface area contributed by atoms with Crippen LogP contribution < -0.4 is 5.32 Å². The maximum atomic E-state index is 10.8. The Hall–Kier alpha value is -0.460. The number of methoxy groups -OCH3 is 1. The summed E-state index contributed by atoms with van der Waals surface area (Å²) in [6.45, 7) is 1.20. The number of nitrogens with zero attached hydrogens (tertiary/aromatic N) is 1. The van der Waals surface area contributed by atoms with Crippen LogP contribution in [0.25, 0.3) is 0 Å². The van der Waals surface area contributed by atoms with Crippen molar-refractivity contribution in [2.24, 2.45) is 0 Å². The fourth-order valence-electron chi connectivity index (χ4n) is 1.07. The molecule has 0 aliphatic heterocycles. The Kier molecular flexibility index (Phi) is 5.94. The molecule has 0 unspecified atom stereocenters. The normalized spacial score (nSPS) is 10.2. The highest BCUT2D eigenvalue weighted by atomic mass is 79.9.